The van der Waals surface area contributed by atoms with Gasteiger partial charge in [0.25, 0.3) is 5.91 Å². The number of hydrogen-bond acceptors (Lipinski definition) is 4. The van der Waals surface area contributed by atoms with Gasteiger partial charge in [-0.3, -0.25) is 14.8 Å². The third-order valence-electron chi connectivity index (χ3n) is 3.42. The van der Waals surface area contributed by atoms with Gasteiger partial charge in [0, 0.05) is 30.8 Å². The highest BCUT2D eigenvalue weighted by Crippen LogP contribution is 2.11. The number of nitrogens with two attached hydrogens (primary N) is 1. The molecule has 0 bridgehead atoms. The van der Waals surface area contributed by atoms with Gasteiger partial charge in [-0.25, -0.2) is 5.43 Å². The van der Waals surface area contributed by atoms with Crippen LogP contribution in [0.25, 0.3) is 11.0 Å². The van der Waals surface area contributed by atoms with Crippen LogP contribution in [0.1, 0.15) is 18.4 Å². The number of para-hydroxylation sites is 1. The quantitative estimate of drug-likeness (QED) is 0.598. The number of hydrogen-bond donors (Lipinski definition) is 2. The van der Waals surface area contributed by atoms with Gasteiger partial charge in [-0.15, -0.1) is 0 Å². The second-order valence-electron chi connectivity index (χ2n) is 4.78. The smallest absolute Gasteiger partial charge is 0.298 e. The van der Waals surface area contributed by atoms with E-state index in [1.807, 2.05) is 23.5 Å². The molecular weight excluding hydrogens is 254 g/mol. The van der Waals surface area contributed by atoms with Gasteiger partial charge in [-0.1, -0.05) is 12.1 Å². The number of amides is 1. The fraction of sp³-hybridized carbons (Fsp3) is 0.286. The Morgan fingerprint density at radius 1 is 1.40 bits per heavy atom. The lowest BCUT2D eigenvalue weighted by molar-refractivity contribution is -0.657. The molecule has 3 N–H and O–H groups in total. The maximum atomic E-state index is 11.8. The number of quaternary nitrogens is 1. The fourth-order valence-electron chi connectivity index (χ4n) is 2.38. The van der Waals surface area contributed by atoms with E-state index in [9.17, 15) is 4.79 Å². The van der Waals surface area contributed by atoms with Gasteiger partial charge in [0.05, 0.1) is 23.8 Å². The lowest BCUT2D eigenvalue weighted by Crippen LogP contribution is -2.89. The van der Waals surface area contributed by atoms with Crippen molar-refractivity contribution in [3.8, 4) is 0 Å². The van der Waals surface area contributed by atoms with Crippen molar-refractivity contribution in [3.05, 3.63) is 36.2 Å². The number of rotatable bonds is 3. The number of carbonyl (C=O) groups is 1. The highest BCUT2D eigenvalue weighted by atomic mass is 16.2. The minimum Gasteiger partial charge on any atom is -0.336 e. The molecule has 1 aliphatic rings. The van der Waals surface area contributed by atoms with Gasteiger partial charge in [0.2, 0.25) is 0 Å². The Bertz CT molecular complexity index is 644. The number of nitrogens with one attached hydrogen (secondary N) is 1. The Hall–Kier alpha value is -2.34. The van der Waals surface area contributed by atoms with Crippen LogP contribution in [0.4, 0.5) is 0 Å². The molecule has 0 radical (unpaired) electrons. The van der Waals surface area contributed by atoms with Gasteiger partial charge in [0.1, 0.15) is 0 Å². The number of aromatic nitrogens is 2. The first-order chi connectivity index (χ1) is 9.84. The van der Waals surface area contributed by atoms with Gasteiger partial charge in [-0.2, -0.15) is 5.10 Å². The van der Waals surface area contributed by atoms with Crippen molar-refractivity contribution in [2.45, 2.75) is 18.9 Å². The maximum Gasteiger partial charge on any atom is 0.298 e. The molecular formula is C14H16N5O+. The number of carbonyl (C=O) groups excluding carboxylic acids is 1. The molecule has 1 fully saturated rings. The summed E-state index contributed by atoms with van der Waals surface area (Å²) in [6.45, 7) is 1.01. The molecule has 1 aliphatic heterocycles. The minimum atomic E-state index is -0.0370. The van der Waals surface area contributed by atoms with E-state index in [2.05, 4.69) is 20.5 Å². The molecule has 2 aromatic rings. The monoisotopic (exact) mass is 270 g/mol. The highest BCUT2D eigenvalue weighted by Gasteiger charge is 2.25. The normalized spacial score (nSPS) is 18.7. The van der Waals surface area contributed by atoms with E-state index in [1.54, 1.807) is 18.6 Å². The number of nitrogens with zero attached hydrogens (tertiary/aromatic N) is 3. The van der Waals surface area contributed by atoms with Crippen molar-refractivity contribution >= 4 is 23.2 Å². The van der Waals surface area contributed by atoms with Crippen molar-refractivity contribution in [3.63, 3.8) is 0 Å². The van der Waals surface area contributed by atoms with E-state index in [4.69, 9.17) is 0 Å². The SMILES string of the molecule is O=C(N/N=C\c1cccc2nccnc12)[C@@H]1CCC[NH2+]1. The topological polar surface area (TPSA) is 83.9 Å². The van der Waals surface area contributed by atoms with Crippen molar-refractivity contribution in [2.75, 3.05) is 6.54 Å². The van der Waals surface area contributed by atoms with E-state index in [1.165, 1.54) is 0 Å². The summed E-state index contributed by atoms with van der Waals surface area (Å²) in [6.07, 6.45) is 6.92. The summed E-state index contributed by atoms with van der Waals surface area (Å²) in [5.41, 5.74) is 5.02. The first-order valence-electron chi connectivity index (χ1n) is 6.70. The summed E-state index contributed by atoms with van der Waals surface area (Å²) in [6, 6.07) is 5.69. The maximum absolute atomic E-state index is 11.8. The molecule has 1 atom stereocenters. The predicted molar refractivity (Wildman–Crippen MR) is 75.1 cm³/mol. The summed E-state index contributed by atoms with van der Waals surface area (Å²) in [4.78, 5) is 20.3. The average Bonchev–Trinajstić information content (AvgIpc) is 3.02. The van der Waals surface area contributed by atoms with Crippen LogP contribution in [-0.2, 0) is 4.79 Å². The molecule has 0 saturated carbocycles. The molecule has 0 spiro atoms. The van der Waals surface area contributed by atoms with Crippen molar-refractivity contribution in [2.24, 2.45) is 5.10 Å². The average molecular weight is 270 g/mol. The van der Waals surface area contributed by atoms with Gasteiger partial charge in [0.15, 0.2) is 6.04 Å². The fourth-order valence-corrected chi connectivity index (χ4v) is 2.38. The summed E-state index contributed by atoms with van der Waals surface area (Å²) >= 11 is 0. The van der Waals surface area contributed by atoms with Crippen molar-refractivity contribution < 1.29 is 10.1 Å². The lowest BCUT2D eigenvalue weighted by Gasteiger charge is -2.04. The van der Waals surface area contributed by atoms with Crippen LogP contribution in [0, 0.1) is 0 Å². The van der Waals surface area contributed by atoms with Crippen LogP contribution >= 0.6 is 0 Å². The predicted octanol–water partition coefficient (Wildman–Crippen LogP) is -0.194. The molecule has 20 heavy (non-hydrogen) atoms. The Morgan fingerprint density at radius 3 is 3.15 bits per heavy atom. The molecule has 0 aliphatic carbocycles. The third-order valence-corrected chi connectivity index (χ3v) is 3.42. The third kappa shape index (κ3) is 2.65. The Kier molecular flexibility index (Phi) is 3.64. The first-order valence-corrected chi connectivity index (χ1v) is 6.70. The Morgan fingerprint density at radius 2 is 2.30 bits per heavy atom. The van der Waals surface area contributed by atoms with Crippen LogP contribution < -0.4 is 10.7 Å². The van der Waals surface area contributed by atoms with Gasteiger partial charge >= 0.3 is 0 Å². The summed E-state index contributed by atoms with van der Waals surface area (Å²) in [5.74, 6) is -0.0370. The first kappa shape index (κ1) is 12.7. The zero-order valence-electron chi connectivity index (χ0n) is 11.0. The highest BCUT2D eigenvalue weighted by molar-refractivity contribution is 5.96. The molecule has 6 nitrogen and oxygen atoms in total. The van der Waals surface area contributed by atoms with E-state index in [0.29, 0.717) is 0 Å². The second kappa shape index (κ2) is 5.75. The molecule has 1 aromatic heterocycles. The molecule has 1 aromatic carbocycles. The molecule has 1 amide bonds. The van der Waals surface area contributed by atoms with Crippen LogP contribution in [0.15, 0.2) is 35.7 Å². The summed E-state index contributed by atoms with van der Waals surface area (Å²) in [7, 11) is 0. The van der Waals surface area contributed by atoms with E-state index in [0.717, 1.165) is 36.0 Å². The molecule has 102 valence electrons. The zero-order chi connectivity index (χ0) is 13.8. The molecule has 3 rings (SSSR count). The van der Waals surface area contributed by atoms with Crippen LogP contribution in [0.2, 0.25) is 0 Å². The Balaban J connectivity index is 1.72. The lowest BCUT2D eigenvalue weighted by atomic mass is 10.2. The number of hydrazone groups is 1. The van der Waals surface area contributed by atoms with E-state index >= 15 is 0 Å². The largest absolute Gasteiger partial charge is 0.336 e. The van der Waals surface area contributed by atoms with Crippen molar-refractivity contribution in [1.29, 1.82) is 0 Å². The molecule has 2 heterocycles. The Labute approximate surface area is 116 Å². The summed E-state index contributed by atoms with van der Waals surface area (Å²) in [5, 5.41) is 6.07. The van der Waals surface area contributed by atoms with E-state index in [-0.39, 0.29) is 11.9 Å². The minimum absolute atomic E-state index is 0.000501. The van der Waals surface area contributed by atoms with Gasteiger partial charge in [-0.05, 0) is 6.07 Å². The van der Waals surface area contributed by atoms with Crippen molar-refractivity contribution in [1.82, 2.24) is 15.4 Å². The number of fused-ring (bicyclic) bond motifs is 1. The molecule has 1 saturated heterocycles. The van der Waals surface area contributed by atoms with Crippen LogP contribution in [0.5, 0.6) is 0 Å². The standard InChI is InChI=1S/C14H15N5O/c20-14(12-5-2-6-15-12)19-18-9-10-3-1-4-11-13(10)17-8-7-16-11/h1,3-4,7-9,12,15H,2,5-6H2,(H,19,20)/p+1/b18-9-/t12-/m0/s1. The van der Waals surface area contributed by atoms with Crippen LogP contribution in [0.3, 0.4) is 0 Å². The number of benzene rings is 1. The van der Waals surface area contributed by atoms with Gasteiger partial charge < -0.3 is 5.32 Å². The molecule has 6 heteroatoms. The summed E-state index contributed by atoms with van der Waals surface area (Å²) < 4.78 is 0. The van der Waals surface area contributed by atoms with E-state index < -0.39 is 0 Å². The second-order valence-corrected chi connectivity index (χ2v) is 4.78. The molecule has 0 unspecified atom stereocenters. The zero-order valence-corrected chi connectivity index (χ0v) is 11.0. The van der Waals surface area contributed by atoms with Crippen LogP contribution in [-0.4, -0.2) is 34.7 Å².